The van der Waals surface area contributed by atoms with Crippen molar-refractivity contribution >= 4 is 26.3 Å². The Balaban J connectivity index is 1.51. The van der Waals surface area contributed by atoms with Gasteiger partial charge < -0.3 is 0 Å². The quantitative estimate of drug-likeness (QED) is 0.507. The number of thiazole rings is 1. The smallest absolute Gasteiger partial charge is 0.211 e. The van der Waals surface area contributed by atoms with Crippen molar-refractivity contribution in [2.45, 2.75) is 32.1 Å². The van der Waals surface area contributed by atoms with Gasteiger partial charge in [0, 0.05) is 23.9 Å². The van der Waals surface area contributed by atoms with Crippen LogP contribution in [0.25, 0.3) is 16.3 Å². The molecule has 2 aromatic heterocycles. The number of nitrogens with one attached hydrogen (secondary N) is 1. The van der Waals surface area contributed by atoms with Gasteiger partial charge in [-0.15, -0.1) is 16.4 Å². The molecule has 0 aliphatic rings. The summed E-state index contributed by atoms with van der Waals surface area (Å²) in [5.41, 5.74) is 4.84. The van der Waals surface area contributed by atoms with Crippen LogP contribution in [0.2, 0.25) is 0 Å². The number of fused-ring (bicyclic) bond motifs is 1. The SMILES string of the molecule is Cc1ccc(S(=O)(=O)NCCc2csc3nc(-c4ccccc4C)nn23)c(C)c1. The van der Waals surface area contributed by atoms with Gasteiger partial charge in [0.05, 0.1) is 10.6 Å². The van der Waals surface area contributed by atoms with Gasteiger partial charge in [-0.25, -0.2) is 17.7 Å². The Bertz CT molecular complexity index is 1290. The topological polar surface area (TPSA) is 76.4 Å². The van der Waals surface area contributed by atoms with Crippen molar-refractivity contribution in [2.24, 2.45) is 0 Å². The number of sulfonamides is 1. The Morgan fingerprint density at radius 1 is 1.07 bits per heavy atom. The van der Waals surface area contributed by atoms with Gasteiger partial charge in [0.2, 0.25) is 15.0 Å². The molecule has 0 spiro atoms. The summed E-state index contributed by atoms with van der Waals surface area (Å²) in [6.45, 7) is 6.09. The molecule has 0 aliphatic carbocycles. The van der Waals surface area contributed by atoms with Gasteiger partial charge in [-0.2, -0.15) is 4.98 Å². The number of rotatable bonds is 6. The molecule has 1 N–H and O–H groups in total. The molecule has 4 rings (SSSR count). The molecule has 2 aromatic carbocycles. The van der Waals surface area contributed by atoms with Crippen LogP contribution >= 0.6 is 11.3 Å². The third kappa shape index (κ3) is 3.96. The molecule has 4 aromatic rings. The van der Waals surface area contributed by atoms with Crippen LogP contribution in [0.4, 0.5) is 0 Å². The summed E-state index contributed by atoms with van der Waals surface area (Å²) in [4.78, 5) is 5.74. The van der Waals surface area contributed by atoms with Gasteiger partial charge in [0.15, 0.2) is 5.82 Å². The second-order valence-corrected chi connectivity index (χ2v) is 9.66. The number of nitrogens with zero attached hydrogens (tertiary/aromatic N) is 3. The molecular weight excluding hydrogens is 404 g/mol. The summed E-state index contributed by atoms with van der Waals surface area (Å²) >= 11 is 1.51. The molecule has 0 bridgehead atoms. The highest BCUT2D eigenvalue weighted by molar-refractivity contribution is 7.89. The zero-order valence-corrected chi connectivity index (χ0v) is 18.1. The van der Waals surface area contributed by atoms with Crippen LogP contribution in [0.1, 0.15) is 22.4 Å². The largest absolute Gasteiger partial charge is 0.240 e. The molecule has 6 nitrogen and oxygen atoms in total. The fraction of sp³-hybridized carbons (Fsp3) is 0.238. The monoisotopic (exact) mass is 426 g/mol. The Hall–Kier alpha value is -2.55. The van der Waals surface area contributed by atoms with E-state index >= 15 is 0 Å². The number of hydrogen-bond donors (Lipinski definition) is 1. The molecule has 0 amide bonds. The highest BCUT2D eigenvalue weighted by atomic mass is 32.2. The zero-order valence-electron chi connectivity index (χ0n) is 16.5. The summed E-state index contributed by atoms with van der Waals surface area (Å²) in [7, 11) is -3.55. The van der Waals surface area contributed by atoms with Crippen LogP contribution in [0.3, 0.4) is 0 Å². The molecular formula is C21H22N4O2S2. The van der Waals surface area contributed by atoms with E-state index in [0.717, 1.165) is 32.9 Å². The van der Waals surface area contributed by atoms with Crippen LogP contribution in [0.15, 0.2) is 52.7 Å². The first-order valence-corrected chi connectivity index (χ1v) is 11.7. The fourth-order valence-electron chi connectivity index (χ4n) is 3.33. The van der Waals surface area contributed by atoms with Crippen molar-refractivity contribution in [3.63, 3.8) is 0 Å². The van der Waals surface area contributed by atoms with Crippen LogP contribution in [-0.4, -0.2) is 29.6 Å². The molecule has 150 valence electrons. The summed E-state index contributed by atoms with van der Waals surface area (Å²) in [6.07, 6.45) is 0.528. The molecule has 29 heavy (non-hydrogen) atoms. The number of benzene rings is 2. The van der Waals surface area contributed by atoms with Crippen molar-refractivity contribution in [3.8, 4) is 11.4 Å². The van der Waals surface area contributed by atoms with E-state index in [2.05, 4.69) is 14.8 Å². The highest BCUT2D eigenvalue weighted by Crippen LogP contribution is 2.23. The van der Waals surface area contributed by atoms with E-state index in [-0.39, 0.29) is 0 Å². The van der Waals surface area contributed by atoms with Crippen LogP contribution in [0.5, 0.6) is 0 Å². The lowest BCUT2D eigenvalue weighted by Gasteiger charge is -2.09. The minimum atomic E-state index is -3.55. The molecule has 8 heteroatoms. The second kappa shape index (κ2) is 7.70. The third-order valence-corrected chi connectivity index (χ3v) is 7.32. The van der Waals surface area contributed by atoms with Crippen molar-refractivity contribution in [1.29, 1.82) is 0 Å². The summed E-state index contributed by atoms with van der Waals surface area (Å²) in [5, 5.41) is 6.61. The van der Waals surface area contributed by atoms with Crippen molar-refractivity contribution < 1.29 is 8.42 Å². The second-order valence-electron chi connectivity index (χ2n) is 7.09. The first-order chi connectivity index (χ1) is 13.8. The summed E-state index contributed by atoms with van der Waals surface area (Å²) in [5.74, 6) is 0.687. The number of hydrogen-bond acceptors (Lipinski definition) is 5. The predicted molar refractivity (Wildman–Crippen MR) is 116 cm³/mol. The van der Waals surface area contributed by atoms with E-state index in [0.29, 0.717) is 23.7 Å². The Labute approximate surface area is 174 Å². The minimum Gasteiger partial charge on any atom is -0.211 e. The highest BCUT2D eigenvalue weighted by Gasteiger charge is 2.17. The van der Waals surface area contributed by atoms with E-state index in [1.165, 1.54) is 11.3 Å². The standard InChI is InChI=1S/C21H22N4O2S2/c1-14-8-9-19(16(3)12-14)29(26,27)22-11-10-17-13-28-21-23-20(24-25(17)21)18-7-5-4-6-15(18)2/h4-9,12-13,22H,10-11H2,1-3H3. The Kier molecular flexibility index (Phi) is 5.24. The third-order valence-electron chi connectivity index (χ3n) is 4.83. The van der Waals surface area contributed by atoms with Crippen molar-refractivity contribution in [2.75, 3.05) is 6.54 Å². The van der Waals surface area contributed by atoms with E-state index in [1.54, 1.807) is 10.6 Å². The van der Waals surface area contributed by atoms with Gasteiger partial charge in [0.25, 0.3) is 0 Å². The van der Waals surface area contributed by atoms with E-state index < -0.39 is 10.0 Å². The van der Waals surface area contributed by atoms with Crippen LogP contribution in [-0.2, 0) is 16.4 Å². The first-order valence-electron chi connectivity index (χ1n) is 9.31. The fourth-order valence-corrected chi connectivity index (χ4v) is 5.44. The van der Waals surface area contributed by atoms with Crippen LogP contribution in [0, 0.1) is 20.8 Å². The lowest BCUT2D eigenvalue weighted by molar-refractivity contribution is 0.580. The molecule has 2 heterocycles. The molecule has 0 radical (unpaired) electrons. The summed E-state index contributed by atoms with van der Waals surface area (Å²) < 4.78 is 29.8. The molecule has 0 atom stereocenters. The number of aryl methyl sites for hydroxylation is 3. The molecule has 0 saturated heterocycles. The average Bonchev–Trinajstić information content (AvgIpc) is 3.23. The van der Waals surface area contributed by atoms with Gasteiger partial charge in [0.1, 0.15) is 0 Å². The van der Waals surface area contributed by atoms with E-state index in [4.69, 9.17) is 0 Å². The molecule has 0 fully saturated rings. The lowest BCUT2D eigenvalue weighted by atomic mass is 10.1. The summed E-state index contributed by atoms with van der Waals surface area (Å²) in [6, 6.07) is 13.3. The van der Waals surface area contributed by atoms with Gasteiger partial charge in [-0.1, -0.05) is 42.0 Å². The lowest BCUT2D eigenvalue weighted by Crippen LogP contribution is -2.27. The van der Waals surface area contributed by atoms with Crippen molar-refractivity contribution in [1.82, 2.24) is 19.3 Å². The van der Waals surface area contributed by atoms with Crippen LogP contribution < -0.4 is 4.72 Å². The maximum Gasteiger partial charge on any atom is 0.240 e. The van der Waals surface area contributed by atoms with Gasteiger partial charge in [-0.05, 0) is 38.0 Å². The van der Waals surface area contributed by atoms with E-state index in [9.17, 15) is 8.42 Å². The maximum atomic E-state index is 12.6. The molecule has 0 aliphatic heterocycles. The molecule has 0 saturated carbocycles. The van der Waals surface area contributed by atoms with Crippen molar-refractivity contribution in [3.05, 3.63) is 70.2 Å². The van der Waals surface area contributed by atoms with Gasteiger partial charge in [-0.3, -0.25) is 0 Å². The minimum absolute atomic E-state index is 0.293. The maximum absolute atomic E-state index is 12.6. The normalized spacial score (nSPS) is 12.0. The Morgan fingerprint density at radius 2 is 1.86 bits per heavy atom. The molecule has 0 unspecified atom stereocenters. The Morgan fingerprint density at radius 3 is 2.62 bits per heavy atom. The first kappa shape index (κ1) is 19.8. The predicted octanol–water partition coefficient (Wildman–Crippen LogP) is 3.90. The zero-order chi connectivity index (χ0) is 20.6. The van der Waals surface area contributed by atoms with E-state index in [1.807, 2.05) is 62.5 Å². The number of aromatic nitrogens is 3. The van der Waals surface area contributed by atoms with Gasteiger partial charge >= 0.3 is 0 Å². The average molecular weight is 427 g/mol.